The lowest BCUT2D eigenvalue weighted by molar-refractivity contribution is -0.113. The lowest BCUT2D eigenvalue weighted by atomic mass is 10.2. The Balaban J connectivity index is 1.91. The van der Waals surface area contributed by atoms with Crippen LogP contribution >= 0.6 is 27.7 Å². The first-order valence-corrected chi connectivity index (χ1v) is 11.2. The Morgan fingerprint density at radius 1 is 1.20 bits per heavy atom. The summed E-state index contributed by atoms with van der Waals surface area (Å²) in [7, 11) is -1.86. The Morgan fingerprint density at radius 2 is 1.92 bits per heavy atom. The molecule has 5 nitrogen and oxygen atoms in total. The van der Waals surface area contributed by atoms with Crippen LogP contribution in [0.5, 0.6) is 0 Å². The van der Waals surface area contributed by atoms with Gasteiger partial charge in [-0.15, -0.1) is 11.8 Å². The van der Waals surface area contributed by atoms with Crippen molar-refractivity contribution in [2.45, 2.75) is 5.75 Å². The maximum Gasteiger partial charge on any atom is 0.234 e. The highest BCUT2D eigenvalue weighted by Crippen LogP contribution is 2.22. The molecule has 2 aromatic carbocycles. The first-order chi connectivity index (χ1) is 11.8. The molecule has 0 aliphatic heterocycles. The summed E-state index contributed by atoms with van der Waals surface area (Å²) >= 11 is 5.00. The van der Waals surface area contributed by atoms with Gasteiger partial charge in [0, 0.05) is 23.0 Å². The number of halogens is 1. The molecule has 134 valence electrons. The van der Waals surface area contributed by atoms with Gasteiger partial charge in [0.05, 0.1) is 17.7 Å². The fourth-order valence-corrected chi connectivity index (χ4v) is 3.98. The van der Waals surface area contributed by atoms with Crippen molar-refractivity contribution in [3.8, 4) is 0 Å². The van der Waals surface area contributed by atoms with Gasteiger partial charge in [0.1, 0.15) is 0 Å². The average molecular weight is 443 g/mol. The van der Waals surface area contributed by atoms with Crippen LogP contribution in [-0.4, -0.2) is 33.4 Å². The normalized spacial score (nSPS) is 11.2. The molecule has 0 unspecified atom stereocenters. The number of hydrogen-bond donors (Lipinski definition) is 1. The summed E-state index contributed by atoms with van der Waals surface area (Å²) in [6, 6.07) is 14.7. The molecule has 8 heteroatoms. The number of carbonyl (C=O) groups excluding carboxylic acids is 1. The second-order valence-corrected chi connectivity index (χ2v) is 9.27. The highest BCUT2D eigenvalue weighted by Gasteiger charge is 2.12. The van der Waals surface area contributed by atoms with Gasteiger partial charge >= 0.3 is 0 Å². The van der Waals surface area contributed by atoms with Crippen LogP contribution in [0.4, 0.5) is 11.4 Å². The number of rotatable bonds is 7. The predicted octanol–water partition coefficient (Wildman–Crippen LogP) is 3.72. The number of carbonyl (C=O) groups is 1. The summed E-state index contributed by atoms with van der Waals surface area (Å²) in [5, 5.41) is 2.80. The zero-order valence-corrected chi connectivity index (χ0v) is 17.1. The third-order valence-corrected chi connectivity index (χ3v) is 6.40. The first kappa shape index (κ1) is 19.8. The van der Waals surface area contributed by atoms with Crippen molar-refractivity contribution >= 4 is 55.0 Å². The van der Waals surface area contributed by atoms with Gasteiger partial charge in [-0.2, -0.15) is 0 Å². The number of hydrogen-bond acceptors (Lipinski definition) is 4. The second-order valence-electron chi connectivity index (χ2n) is 5.41. The third-order valence-electron chi connectivity index (χ3n) is 3.44. The molecule has 0 spiro atoms. The fourth-order valence-electron chi connectivity index (χ4n) is 2.04. The minimum Gasteiger partial charge on any atom is -0.325 e. The van der Waals surface area contributed by atoms with Crippen molar-refractivity contribution in [2.24, 2.45) is 0 Å². The molecule has 1 N–H and O–H groups in total. The van der Waals surface area contributed by atoms with Crippen molar-refractivity contribution in [3.05, 3.63) is 58.6 Å². The molecular formula is C17H19BrN2O3S2. The lowest BCUT2D eigenvalue weighted by Crippen LogP contribution is -2.25. The number of sulfonamides is 1. The molecule has 0 aliphatic rings. The Morgan fingerprint density at radius 3 is 2.60 bits per heavy atom. The maximum absolute atomic E-state index is 12.1. The number of nitrogens with one attached hydrogen (secondary N) is 1. The molecule has 25 heavy (non-hydrogen) atoms. The standard InChI is InChI=1S/C17H19BrN2O3S2/c1-20(25(2,22)23)15-8-5-7-14(10-15)19-17(21)12-24-11-13-6-3-4-9-16(13)18/h3-10H,11-12H2,1-2H3,(H,19,21). The number of benzene rings is 2. The summed E-state index contributed by atoms with van der Waals surface area (Å²) in [5.41, 5.74) is 2.21. The van der Waals surface area contributed by atoms with Crippen LogP contribution < -0.4 is 9.62 Å². The van der Waals surface area contributed by atoms with Gasteiger partial charge in [0.15, 0.2) is 0 Å². The van der Waals surface area contributed by atoms with Crippen LogP contribution in [0.1, 0.15) is 5.56 Å². The van der Waals surface area contributed by atoms with Gasteiger partial charge in [-0.1, -0.05) is 40.2 Å². The molecular weight excluding hydrogens is 424 g/mol. The Hall–Kier alpha value is -1.51. The molecule has 0 atom stereocenters. The molecule has 0 saturated carbocycles. The van der Waals surface area contributed by atoms with Crippen LogP contribution in [0, 0.1) is 0 Å². The zero-order valence-electron chi connectivity index (χ0n) is 13.9. The van der Waals surface area contributed by atoms with E-state index < -0.39 is 10.0 Å². The van der Waals surface area contributed by atoms with E-state index in [4.69, 9.17) is 0 Å². The first-order valence-electron chi connectivity index (χ1n) is 7.42. The van der Waals surface area contributed by atoms with E-state index in [2.05, 4.69) is 21.2 Å². The topological polar surface area (TPSA) is 66.5 Å². The Labute approximate surface area is 161 Å². The molecule has 0 radical (unpaired) electrons. The van der Waals surface area contributed by atoms with Crippen molar-refractivity contribution < 1.29 is 13.2 Å². The van der Waals surface area contributed by atoms with E-state index in [0.717, 1.165) is 22.0 Å². The Kier molecular flexibility index (Phi) is 6.92. The highest BCUT2D eigenvalue weighted by atomic mass is 79.9. The third kappa shape index (κ3) is 6.05. The van der Waals surface area contributed by atoms with Gasteiger partial charge in [-0.25, -0.2) is 8.42 Å². The largest absolute Gasteiger partial charge is 0.325 e. The molecule has 0 bridgehead atoms. The van der Waals surface area contributed by atoms with E-state index >= 15 is 0 Å². The van der Waals surface area contributed by atoms with Crippen molar-refractivity contribution in [2.75, 3.05) is 28.7 Å². The summed E-state index contributed by atoms with van der Waals surface area (Å²) in [6.07, 6.45) is 1.14. The van der Waals surface area contributed by atoms with Crippen molar-refractivity contribution in [1.29, 1.82) is 0 Å². The van der Waals surface area contributed by atoms with Crippen LogP contribution in [-0.2, 0) is 20.6 Å². The van der Waals surface area contributed by atoms with Crippen molar-refractivity contribution in [1.82, 2.24) is 0 Å². The molecule has 1 amide bonds. The lowest BCUT2D eigenvalue weighted by Gasteiger charge is -2.17. The van der Waals surface area contributed by atoms with Crippen LogP contribution in [0.3, 0.4) is 0 Å². The smallest absolute Gasteiger partial charge is 0.234 e. The SMILES string of the molecule is CN(c1cccc(NC(=O)CSCc2ccccc2Br)c1)S(C)(=O)=O. The minimum absolute atomic E-state index is 0.129. The van der Waals surface area contributed by atoms with Gasteiger partial charge in [0.2, 0.25) is 15.9 Å². The number of amides is 1. The van der Waals surface area contributed by atoms with E-state index in [1.54, 1.807) is 24.3 Å². The molecule has 0 saturated heterocycles. The predicted molar refractivity (Wildman–Crippen MR) is 109 cm³/mol. The molecule has 0 heterocycles. The molecule has 0 aromatic heterocycles. The minimum atomic E-state index is -3.34. The van der Waals surface area contributed by atoms with E-state index in [1.165, 1.54) is 23.1 Å². The highest BCUT2D eigenvalue weighted by molar-refractivity contribution is 9.10. The van der Waals surface area contributed by atoms with Crippen molar-refractivity contribution in [3.63, 3.8) is 0 Å². The van der Waals surface area contributed by atoms with E-state index in [0.29, 0.717) is 17.1 Å². The molecule has 0 aliphatic carbocycles. The average Bonchev–Trinajstić information content (AvgIpc) is 2.55. The molecule has 0 fully saturated rings. The number of nitrogens with zero attached hydrogens (tertiary/aromatic N) is 1. The van der Waals surface area contributed by atoms with Crippen LogP contribution in [0.2, 0.25) is 0 Å². The quantitative estimate of drug-likeness (QED) is 0.709. The summed E-state index contributed by atoms with van der Waals surface area (Å²) in [5.74, 6) is 0.912. The van der Waals surface area contributed by atoms with E-state index in [1.807, 2.05) is 24.3 Å². The summed E-state index contributed by atoms with van der Waals surface area (Å²) < 4.78 is 25.4. The summed E-state index contributed by atoms with van der Waals surface area (Å²) in [6.45, 7) is 0. The zero-order chi connectivity index (χ0) is 18.4. The number of anilines is 2. The van der Waals surface area contributed by atoms with Gasteiger partial charge in [-0.05, 0) is 29.8 Å². The summed E-state index contributed by atoms with van der Waals surface area (Å²) in [4.78, 5) is 12.1. The monoisotopic (exact) mass is 442 g/mol. The number of thioether (sulfide) groups is 1. The van der Waals surface area contributed by atoms with Gasteiger partial charge in [-0.3, -0.25) is 9.10 Å². The van der Waals surface area contributed by atoms with Crippen LogP contribution in [0.25, 0.3) is 0 Å². The van der Waals surface area contributed by atoms with E-state index in [-0.39, 0.29) is 5.91 Å². The van der Waals surface area contributed by atoms with Crippen LogP contribution in [0.15, 0.2) is 53.0 Å². The second kappa shape index (κ2) is 8.73. The molecule has 2 rings (SSSR count). The van der Waals surface area contributed by atoms with Gasteiger partial charge < -0.3 is 5.32 Å². The maximum atomic E-state index is 12.1. The Bertz CT molecular complexity index is 856. The van der Waals surface area contributed by atoms with Gasteiger partial charge in [0.25, 0.3) is 0 Å². The molecule has 2 aromatic rings. The fraction of sp³-hybridized carbons (Fsp3) is 0.235. The van der Waals surface area contributed by atoms with E-state index in [9.17, 15) is 13.2 Å².